The molecule has 0 aliphatic carbocycles. The van der Waals surface area contributed by atoms with Crippen molar-refractivity contribution in [3.63, 3.8) is 0 Å². The Morgan fingerprint density at radius 3 is 2.75 bits per heavy atom. The van der Waals surface area contributed by atoms with Gasteiger partial charge in [0.2, 0.25) is 0 Å². The number of thioether (sulfide) groups is 1. The Kier molecular flexibility index (Phi) is 6.86. The second-order valence-electron chi connectivity index (χ2n) is 7.50. The molecule has 0 spiro atoms. The summed E-state index contributed by atoms with van der Waals surface area (Å²) >= 11 is 7.70. The second-order valence-corrected chi connectivity index (χ2v) is 9.00. The maximum Gasteiger partial charge on any atom is 0.338 e. The third-order valence-electron chi connectivity index (χ3n) is 5.32. The number of aliphatic imine (C=N–C) groups is 1. The van der Waals surface area contributed by atoms with Crippen molar-refractivity contribution in [2.45, 2.75) is 26.3 Å². The number of ether oxygens (including phenoxy) is 1. The topological polar surface area (TPSA) is 71.0 Å². The molecule has 2 aliphatic rings. The van der Waals surface area contributed by atoms with Gasteiger partial charge in [-0.25, -0.2) is 9.79 Å². The third kappa shape index (κ3) is 4.69. The van der Waals surface area contributed by atoms with E-state index in [2.05, 4.69) is 15.2 Å². The molecule has 1 atom stereocenters. The molecule has 1 fully saturated rings. The first kappa shape index (κ1) is 22.4. The maximum absolute atomic E-state index is 12.8. The first-order valence-corrected chi connectivity index (χ1v) is 11.9. The fourth-order valence-corrected chi connectivity index (χ4v) is 5.08. The molecule has 0 aromatic heterocycles. The van der Waals surface area contributed by atoms with Crippen molar-refractivity contribution in [3.05, 3.63) is 76.0 Å². The van der Waals surface area contributed by atoms with Gasteiger partial charge in [0.15, 0.2) is 5.17 Å². The molecule has 2 aliphatic heterocycles. The molecule has 8 heteroatoms. The Labute approximate surface area is 196 Å². The zero-order valence-corrected chi connectivity index (χ0v) is 19.5. The summed E-state index contributed by atoms with van der Waals surface area (Å²) in [4.78, 5) is 32.2. The predicted molar refractivity (Wildman–Crippen MR) is 129 cm³/mol. The number of amidine groups is 1. The summed E-state index contributed by atoms with van der Waals surface area (Å²) in [6, 6.07) is 14.1. The number of amides is 1. The largest absolute Gasteiger partial charge is 0.463 e. The van der Waals surface area contributed by atoms with E-state index in [4.69, 9.17) is 16.3 Å². The number of nitrogens with one attached hydrogen (secondary N) is 1. The Hall–Kier alpha value is -2.77. The van der Waals surface area contributed by atoms with Gasteiger partial charge in [0.05, 0.1) is 23.9 Å². The van der Waals surface area contributed by atoms with Crippen LogP contribution in [-0.4, -0.2) is 40.8 Å². The zero-order chi connectivity index (χ0) is 22.7. The molecule has 0 radical (unpaired) electrons. The van der Waals surface area contributed by atoms with Crippen LogP contribution in [-0.2, 0) is 9.53 Å². The van der Waals surface area contributed by atoms with Crippen LogP contribution in [0.2, 0.25) is 5.02 Å². The molecule has 1 N–H and O–H groups in total. The van der Waals surface area contributed by atoms with Crippen molar-refractivity contribution in [1.82, 2.24) is 4.90 Å². The Bertz CT molecular complexity index is 1100. The lowest BCUT2D eigenvalue weighted by molar-refractivity contribution is -0.139. The SMILES string of the molecule is CCOC(=O)C1=C(C)N=C2SCCCN2[C@H]1c1ccc(NC(=O)c2cccc(Cl)c2)cc1. The van der Waals surface area contributed by atoms with Crippen LogP contribution < -0.4 is 5.32 Å². The number of hydrogen-bond acceptors (Lipinski definition) is 6. The molecule has 32 heavy (non-hydrogen) atoms. The first-order valence-electron chi connectivity index (χ1n) is 10.5. The molecule has 166 valence electrons. The molecule has 1 saturated heterocycles. The summed E-state index contributed by atoms with van der Waals surface area (Å²) in [5, 5.41) is 4.34. The molecule has 1 amide bonds. The molecule has 2 aromatic carbocycles. The van der Waals surface area contributed by atoms with Crippen LogP contribution in [0.1, 0.15) is 42.2 Å². The molecule has 2 heterocycles. The molecule has 0 bridgehead atoms. The van der Waals surface area contributed by atoms with Gasteiger partial charge >= 0.3 is 5.97 Å². The van der Waals surface area contributed by atoms with Crippen molar-refractivity contribution < 1.29 is 14.3 Å². The normalized spacial score (nSPS) is 18.0. The number of allylic oxidation sites excluding steroid dienone is 1. The third-order valence-corrected chi connectivity index (χ3v) is 6.64. The summed E-state index contributed by atoms with van der Waals surface area (Å²) in [7, 11) is 0. The monoisotopic (exact) mass is 469 g/mol. The number of fused-ring (bicyclic) bond motifs is 1. The van der Waals surface area contributed by atoms with Crippen molar-refractivity contribution in [1.29, 1.82) is 0 Å². The minimum atomic E-state index is -0.341. The van der Waals surface area contributed by atoms with E-state index in [1.165, 1.54) is 0 Å². The van der Waals surface area contributed by atoms with Crippen molar-refractivity contribution in [2.75, 3.05) is 24.2 Å². The number of anilines is 1. The van der Waals surface area contributed by atoms with Crippen LogP contribution in [0.3, 0.4) is 0 Å². The van der Waals surface area contributed by atoms with Crippen LogP contribution in [0.25, 0.3) is 0 Å². The number of rotatable bonds is 5. The Morgan fingerprint density at radius 1 is 1.25 bits per heavy atom. The molecule has 0 unspecified atom stereocenters. The van der Waals surface area contributed by atoms with Gasteiger partial charge in [-0.1, -0.05) is 41.6 Å². The number of halogens is 1. The Balaban J connectivity index is 1.61. The van der Waals surface area contributed by atoms with E-state index in [0.29, 0.717) is 34.2 Å². The minimum Gasteiger partial charge on any atom is -0.463 e. The van der Waals surface area contributed by atoms with Gasteiger partial charge < -0.3 is 15.0 Å². The van der Waals surface area contributed by atoms with Crippen LogP contribution in [0.4, 0.5) is 5.69 Å². The lowest BCUT2D eigenvalue weighted by atomic mass is 9.94. The van der Waals surface area contributed by atoms with Crippen LogP contribution in [0.5, 0.6) is 0 Å². The van der Waals surface area contributed by atoms with E-state index in [1.54, 1.807) is 43.0 Å². The molecule has 2 aromatic rings. The van der Waals surface area contributed by atoms with Gasteiger partial charge in [0.1, 0.15) is 0 Å². The lowest BCUT2D eigenvalue weighted by Crippen LogP contribution is -2.42. The highest BCUT2D eigenvalue weighted by molar-refractivity contribution is 8.13. The van der Waals surface area contributed by atoms with Crippen LogP contribution >= 0.6 is 23.4 Å². The predicted octanol–water partition coefficient (Wildman–Crippen LogP) is 5.28. The van der Waals surface area contributed by atoms with E-state index < -0.39 is 0 Å². The first-order chi connectivity index (χ1) is 15.5. The van der Waals surface area contributed by atoms with Crippen LogP contribution in [0, 0.1) is 0 Å². The van der Waals surface area contributed by atoms with Gasteiger partial charge in [0.25, 0.3) is 5.91 Å². The van der Waals surface area contributed by atoms with Crippen molar-refractivity contribution >= 4 is 46.1 Å². The molecular formula is C24H24ClN3O3S. The van der Waals surface area contributed by atoms with E-state index in [0.717, 1.165) is 29.4 Å². The highest BCUT2D eigenvalue weighted by Gasteiger charge is 2.37. The van der Waals surface area contributed by atoms with Crippen molar-refractivity contribution in [2.24, 2.45) is 4.99 Å². The summed E-state index contributed by atoms with van der Waals surface area (Å²) in [6.07, 6.45) is 1.02. The van der Waals surface area contributed by atoms with Gasteiger partial charge in [-0.05, 0) is 56.2 Å². The zero-order valence-electron chi connectivity index (χ0n) is 17.9. The standard InChI is InChI=1S/C24H24ClN3O3S/c1-3-31-23(30)20-15(2)26-24-28(12-5-13-32-24)21(20)16-8-10-19(11-9-16)27-22(29)17-6-4-7-18(25)14-17/h4,6-11,14,21H,3,5,12-13H2,1-2H3,(H,27,29)/t21-/m0/s1. The average Bonchev–Trinajstić information content (AvgIpc) is 2.79. The summed E-state index contributed by atoms with van der Waals surface area (Å²) in [6.45, 7) is 4.79. The van der Waals surface area contributed by atoms with Crippen LogP contribution in [0.15, 0.2) is 64.8 Å². The molecule has 6 nitrogen and oxygen atoms in total. The Morgan fingerprint density at radius 2 is 2.03 bits per heavy atom. The smallest absolute Gasteiger partial charge is 0.338 e. The van der Waals surface area contributed by atoms with Gasteiger partial charge in [-0.15, -0.1) is 0 Å². The van der Waals surface area contributed by atoms with E-state index >= 15 is 0 Å². The number of esters is 1. The number of nitrogens with zero attached hydrogens (tertiary/aromatic N) is 2. The van der Waals surface area contributed by atoms with Gasteiger partial charge in [0, 0.05) is 28.6 Å². The van der Waals surface area contributed by atoms with Crippen molar-refractivity contribution in [3.8, 4) is 0 Å². The van der Waals surface area contributed by atoms with E-state index in [-0.39, 0.29) is 17.9 Å². The minimum absolute atomic E-state index is 0.234. The molecule has 0 saturated carbocycles. The fourth-order valence-electron chi connectivity index (χ4n) is 3.87. The highest BCUT2D eigenvalue weighted by Crippen LogP contribution is 2.40. The van der Waals surface area contributed by atoms with E-state index in [9.17, 15) is 9.59 Å². The maximum atomic E-state index is 12.8. The highest BCUT2D eigenvalue weighted by atomic mass is 35.5. The number of carbonyl (C=O) groups is 2. The average molecular weight is 470 g/mol. The molecule has 4 rings (SSSR count). The second kappa shape index (κ2) is 9.79. The molecular weight excluding hydrogens is 446 g/mol. The number of hydrogen-bond donors (Lipinski definition) is 1. The van der Waals surface area contributed by atoms with E-state index in [1.807, 2.05) is 31.2 Å². The lowest BCUT2D eigenvalue weighted by Gasteiger charge is -2.40. The fraction of sp³-hybridized carbons (Fsp3) is 0.292. The summed E-state index contributed by atoms with van der Waals surface area (Å²) in [5.74, 6) is 0.438. The summed E-state index contributed by atoms with van der Waals surface area (Å²) < 4.78 is 5.35. The summed E-state index contributed by atoms with van der Waals surface area (Å²) in [5.41, 5.74) is 3.35. The van der Waals surface area contributed by atoms with Gasteiger partial charge in [-0.2, -0.15) is 0 Å². The number of carbonyl (C=O) groups excluding carboxylic acids is 2. The quantitative estimate of drug-likeness (QED) is 0.603. The number of benzene rings is 2. The van der Waals surface area contributed by atoms with Gasteiger partial charge in [-0.3, -0.25) is 4.79 Å².